The standard InChI is InChI=1S/C16H16BrNOS/c1-9-6-10(2)11(3)15(7-9)19-14-5-4-12(17)8-13(14)16(18)20/h4-8H,1-3H3,(H2,18,20). The highest BCUT2D eigenvalue weighted by Gasteiger charge is 2.11. The molecule has 0 unspecified atom stereocenters. The van der Waals surface area contributed by atoms with Crippen LogP contribution in [0.1, 0.15) is 22.3 Å². The number of aryl methyl sites for hydroxylation is 2. The van der Waals surface area contributed by atoms with Crippen LogP contribution in [0.4, 0.5) is 0 Å². The van der Waals surface area contributed by atoms with Crippen LogP contribution in [0.5, 0.6) is 11.5 Å². The van der Waals surface area contributed by atoms with Crippen LogP contribution in [0, 0.1) is 20.8 Å². The van der Waals surface area contributed by atoms with Crippen molar-refractivity contribution in [1.82, 2.24) is 0 Å². The largest absolute Gasteiger partial charge is 0.456 e. The fourth-order valence-electron chi connectivity index (χ4n) is 2.01. The number of benzene rings is 2. The molecule has 0 spiro atoms. The SMILES string of the molecule is Cc1cc(C)c(C)c(Oc2ccc(Br)cc2C(N)=S)c1. The van der Waals surface area contributed by atoms with Gasteiger partial charge in [-0.2, -0.15) is 0 Å². The van der Waals surface area contributed by atoms with Gasteiger partial charge in [-0.1, -0.05) is 34.2 Å². The first-order valence-electron chi connectivity index (χ1n) is 6.23. The lowest BCUT2D eigenvalue weighted by Gasteiger charge is -2.14. The maximum Gasteiger partial charge on any atom is 0.137 e. The number of halogens is 1. The second-order valence-corrected chi connectivity index (χ2v) is 6.17. The van der Waals surface area contributed by atoms with Gasteiger partial charge in [0.2, 0.25) is 0 Å². The molecule has 0 amide bonds. The van der Waals surface area contributed by atoms with Crippen molar-refractivity contribution in [3.05, 3.63) is 57.1 Å². The zero-order chi connectivity index (χ0) is 14.9. The molecule has 0 aliphatic rings. The summed E-state index contributed by atoms with van der Waals surface area (Å²) in [6.45, 7) is 6.17. The normalized spacial score (nSPS) is 10.4. The minimum atomic E-state index is 0.323. The summed E-state index contributed by atoms with van der Waals surface area (Å²) in [5.41, 5.74) is 9.98. The molecule has 0 aliphatic carbocycles. The van der Waals surface area contributed by atoms with Gasteiger partial charge in [-0.15, -0.1) is 0 Å². The lowest BCUT2D eigenvalue weighted by atomic mass is 10.1. The Hall–Kier alpha value is -1.39. The van der Waals surface area contributed by atoms with Crippen molar-refractivity contribution < 1.29 is 4.74 Å². The molecule has 2 nitrogen and oxygen atoms in total. The molecule has 0 radical (unpaired) electrons. The Morgan fingerprint density at radius 1 is 1.10 bits per heavy atom. The van der Waals surface area contributed by atoms with E-state index >= 15 is 0 Å². The Bertz CT molecular complexity index is 682. The molecule has 0 saturated heterocycles. The maximum atomic E-state index is 6.03. The fraction of sp³-hybridized carbons (Fsp3) is 0.188. The number of hydrogen-bond donors (Lipinski definition) is 1. The lowest BCUT2D eigenvalue weighted by molar-refractivity contribution is 0.477. The van der Waals surface area contributed by atoms with Gasteiger partial charge in [0, 0.05) is 4.47 Å². The van der Waals surface area contributed by atoms with Gasteiger partial charge >= 0.3 is 0 Å². The monoisotopic (exact) mass is 349 g/mol. The number of hydrogen-bond acceptors (Lipinski definition) is 2. The van der Waals surface area contributed by atoms with E-state index in [1.54, 1.807) is 0 Å². The van der Waals surface area contributed by atoms with E-state index in [1.165, 1.54) is 5.56 Å². The van der Waals surface area contributed by atoms with Crippen LogP contribution >= 0.6 is 28.1 Å². The van der Waals surface area contributed by atoms with E-state index in [9.17, 15) is 0 Å². The smallest absolute Gasteiger partial charge is 0.137 e. The Labute approximate surface area is 133 Å². The molecule has 104 valence electrons. The first-order valence-corrected chi connectivity index (χ1v) is 7.43. The number of nitrogens with two attached hydrogens (primary N) is 1. The maximum absolute atomic E-state index is 6.03. The van der Waals surface area contributed by atoms with E-state index in [0.29, 0.717) is 10.7 Å². The predicted octanol–water partition coefficient (Wildman–Crippen LogP) is 4.80. The highest BCUT2D eigenvalue weighted by molar-refractivity contribution is 9.10. The predicted molar refractivity (Wildman–Crippen MR) is 90.8 cm³/mol. The molecule has 4 heteroatoms. The molecule has 2 aromatic rings. The summed E-state index contributed by atoms with van der Waals surface area (Å²) in [6.07, 6.45) is 0. The molecule has 0 aliphatic heterocycles. The summed E-state index contributed by atoms with van der Waals surface area (Å²) in [4.78, 5) is 0.323. The molecule has 2 aromatic carbocycles. The molecule has 2 N–H and O–H groups in total. The van der Waals surface area contributed by atoms with Gasteiger partial charge in [0.15, 0.2) is 0 Å². The van der Waals surface area contributed by atoms with Gasteiger partial charge in [0.25, 0.3) is 0 Å². The van der Waals surface area contributed by atoms with E-state index in [2.05, 4.69) is 35.8 Å². The zero-order valence-electron chi connectivity index (χ0n) is 11.7. The molecule has 0 bridgehead atoms. The van der Waals surface area contributed by atoms with Crippen molar-refractivity contribution in [1.29, 1.82) is 0 Å². The van der Waals surface area contributed by atoms with Crippen molar-refractivity contribution >= 4 is 33.1 Å². The second-order valence-electron chi connectivity index (χ2n) is 4.81. The number of rotatable bonds is 3. The first-order chi connectivity index (χ1) is 9.38. The highest BCUT2D eigenvalue weighted by Crippen LogP contribution is 2.32. The van der Waals surface area contributed by atoms with Gasteiger partial charge < -0.3 is 10.5 Å². The van der Waals surface area contributed by atoms with Crippen molar-refractivity contribution in [3.8, 4) is 11.5 Å². The average molecular weight is 350 g/mol. The third kappa shape index (κ3) is 3.19. The third-order valence-electron chi connectivity index (χ3n) is 3.19. The van der Waals surface area contributed by atoms with Crippen LogP contribution in [-0.2, 0) is 0 Å². The Morgan fingerprint density at radius 3 is 2.45 bits per heavy atom. The van der Waals surface area contributed by atoms with E-state index in [0.717, 1.165) is 26.9 Å². The molecule has 20 heavy (non-hydrogen) atoms. The zero-order valence-corrected chi connectivity index (χ0v) is 14.1. The van der Waals surface area contributed by atoms with Crippen LogP contribution in [0.15, 0.2) is 34.8 Å². The molecule has 0 fully saturated rings. The van der Waals surface area contributed by atoms with Gasteiger partial charge in [-0.25, -0.2) is 0 Å². The fourth-order valence-corrected chi connectivity index (χ4v) is 2.53. The Morgan fingerprint density at radius 2 is 1.80 bits per heavy atom. The molecule has 2 rings (SSSR count). The Kier molecular flexibility index (Phi) is 4.45. The van der Waals surface area contributed by atoms with Crippen LogP contribution in [0.3, 0.4) is 0 Å². The van der Waals surface area contributed by atoms with Crippen LogP contribution < -0.4 is 10.5 Å². The van der Waals surface area contributed by atoms with Crippen molar-refractivity contribution in [3.63, 3.8) is 0 Å². The molecule has 0 saturated carbocycles. The molecule has 0 atom stereocenters. The van der Waals surface area contributed by atoms with Gasteiger partial charge in [0.1, 0.15) is 16.5 Å². The van der Waals surface area contributed by atoms with Crippen molar-refractivity contribution in [2.75, 3.05) is 0 Å². The molecule has 0 heterocycles. The third-order valence-corrected chi connectivity index (χ3v) is 3.90. The van der Waals surface area contributed by atoms with E-state index < -0.39 is 0 Å². The molecule has 0 aromatic heterocycles. The van der Waals surface area contributed by atoms with Gasteiger partial charge in [-0.3, -0.25) is 0 Å². The van der Waals surface area contributed by atoms with Crippen LogP contribution in [-0.4, -0.2) is 4.99 Å². The summed E-state index contributed by atoms with van der Waals surface area (Å²) >= 11 is 8.50. The topological polar surface area (TPSA) is 35.2 Å². The second kappa shape index (κ2) is 5.94. The number of ether oxygens (including phenoxy) is 1. The van der Waals surface area contributed by atoms with Crippen LogP contribution in [0.2, 0.25) is 0 Å². The van der Waals surface area contributed by atoms with Crippen molar-refractivity contribution in [2.24, 2.45) is 5.73 Å². The minimum Gasteiger partial charge on any atom is -0.456 e. The van der Waals surface area contributed by atoms with Crippen molar-refractivity contribution in [2.45, 2.75) is 20.8 Å². The van der Waals surface area contributed by atoms with Gasteiger partial charge in [-0.05, 0) is 61.7 Å². The highest BCUT2D eigenvalue weighted by atomic mass is 79.9. The molecular formula is C16H16BrNOS. The summed E-state index contributed by atoms with van der Waals surface area (Å²) in [5, 5.41) is 0. The Balaban J connectivity index is 2.48. The summed E-state index contributed by atoms with van der Waals surface area (Å²) in [5.74, 6) is 1.51. The minimum absolute atomic E-state index is 0.323. The van der Waals surface area contributed by atoms with Gasteiger partial charge in [0.05, 0.1) is 5.56 Å². The van der Waals surface area contributed by atoms with E-state index in [4.69, 9.17) is 22.7 Å². The number of thiocarbonyl (C=S) groups is 1. The van der Waals surface area contributed by atoms with E-state index in [1.807, 2.05) is 31.2 Å². The summed E-state index contributed by atoms with van der Waals surface area (Å²) < 4.78 is 6.95. The summed E-state index contributed by atoms with van der Waals surface area (Å²) in [6, 6.07) is 9.81. The lowest BCUT2D eigenvalue weighted by Crippen LogP contribution is -2.11. The summed E-state index contributed by atoms with van der Waals surface area (Å²) in [7, 11) is 0. The average Bonchev–Trinajstić information content (AvgIpc) is 2.37. The first kappa shape index (κ1) is 15.0. The van der Waals surface area contributed by atoms with Crippen LogP contribution in [0.25, 0.3) is 0 Å². The van der Waals surface area contributed by atoms with E-state index in [-0.39, 0.29) is 0 Å². The molecular weight excluding hydrogens is 334 g/mol. The quantitative estimate of drug-likeness (QED) is 0.808.